The van der Waals surface area contributed by atoms with Crippen LogP contribution in [-0.4, -0.2) is 27.6 Å². The Kier molecular flexibility index (Phi) is 4.31. The van der Waals surface area contributed by atoms with Crippen molar-refractivity contribution in [2.45, 2.75) is 11.4 Å². The second-order valence-corrected chi connectivity index (χ2v) is 5.72. The monoisotopic (exact) mass is 339 g/mol. The summed E-state index contributed by atoms with van der Waals surface area (Å²) in [5.41, 5.74) is 1.61. The minimum atomic E-state index is -0.0494. The molecular formula is C13H14BrN3OS. The average molecular weight is 340 g/mol. The summed E-state index contributed by atoms with van der Waals surface area (Å²) in [6.07, 6.45) is 3.65. The molecule has 100 valence electrons. The molecule has 0 spiro atoms. The second kappa shape index (κ2) is 5.79. The van der Waals surface area contributed by atoms with Crippen LogP contribution in [-0.2, 0) is 13.6 Å². The van der Waals surface area contributed by atoms with Crippen molar-refractivity contribution in [1.82, 2.24) is 14.7 Å². The predicted molar refractivity (Wildman–Crippen MR) is 80.4 cm³/mol. The molecule has 0 unspecified atom stereocenters. The van der Waals surface area contributed by atoms with E-state index in [4.69, 9.17) is 0 Å². The molecule has 0 saturated heterocycles. The Morgan fingerprint density at radius 1 is 1.53 bits per heavy atom. The standard InChI is InChI=1S/C13H14BrN3OS/c1-16(7-9-6-15-17(2)8-9)13(18)11-5-10(19)3-4-12(11)14/h3-6,8,19H,7H2,1-2H3. The van der Waals surface area contributed by atoms with Crippen molar-refractivity contribution in [2.24, 2.45) is 7.05 Å². The number of hydrogen-bond donors (Lipinski definition) is 1. The van der Waals surface area contributed by atoms with Gasteiger partial charge in [0.05, 0.1) is 11.8 Å². The van der Waals surface area contributed by atoms with Crippen LogP contribution in [0.5, 0.6) is 0 Å². The number of aromatic nitrogens is 2. The van der Waals surface area contributed by atoms with E-state index >= 15 is 0 Å². The third-order valence-electron chi connectivity index (χ3n) is 2.71. The van der Waals surface area contributed by atoms with Gasteiger partial charge in [-0.25, -0.2) is 0 Å². The van der Waals surface area contributed by atoms with Crippen LogP contribution in [0.1, 0.15) is 15.9 Å². The molecule has 0 aliphatic carbocycles. The van der Waals surface area contributed by atoms with Crippen molar-refractivity contribution < 1.29 is 4.79 Å². The fourth-order valence-corrected chi connectivity index (χ4v) is 2.40. The number of benzene rings is 1. The van der Waals surface area contributed by atoms with Crippen molar-refractivity contribution in [3.8, 4) is 0 Å². The lowest BCUT2D eigenvalue weighted by molar-refractivity contribution is 0.0784. The highest BCUT2D eigenvalue weighted by atomic mass is 79.9. The summed E-state index contributed by atoms with van der Waals surface area (Å²) in [5, 5.41) is 4.09. The molecule has 19 heavy (non-hydrogen) atoms. The number of thiol groups is 1. The van der Waals surface area contributed by atoms with Crippen LogP contribution in [0.15, 0.2) is 40.0 Å². The van der Waals surface area contributed by atoms with Gasteiger partial charge in [-0.2, -0.15) is 5.10 Å². The number of hydrogen-bond acceptors (Lipinski definition) is 3. The molecule has 0 atom stereocenters. The van der Waals surface area contributed by atoms with Crippen molar-refractivity contribution in [3.63, 3.8) is 0 Å². The van der Waals surface area contributed by atoms with Crippen LogP contribution in [0.4, 0.5) is 0 Å². The van der Waals surface area contributed by atoms with E-state index in [0.29, 0.717) is 12.1 Å². The van der Waals surface area contributed by atoms with Gasteiger partial charge >= 0.3 is 0 Å². The lowest BCUT2D eigenvalue weighted by Crippen LogP contribution is -2.26. The Labute approximate surface area is 125 Å². The molecule has 1 aromatic heterocycles. The van der Waals surface area contributed by atoms with Gasteiger partial charge in [0.25, 0.3) is 5.91 Å². The lowest BCUT2D eigenvalue weighted by Gasteiger charge is -2.17. The third kappa shape index (κ3) is 3.39. The fourth-order valence-electron chi connectivity index (χ4n) is 1.78. The normalized spacial score (nSPS) is 10.5. The van der Waals surface area contributed by atoms with Gasteiger partial charge in [0.2, 0.25) is 0 Å². The van der Waals surface area contributed by atoms with Gasteiger partial charge in [-0.1, -0.05) is 0 Å². The quantitative estimate of drug-likeness (QED) is 0.873. The summed E-state index contributed by atoms with van der Waals surface area (Å²) >= 11 is 7.65. The molecule has 0 fully saturated rings. The van der Waals surface area contributed by atoms with Crippen LogP contribution in [0, 0.1) is 0 Å². The van der Waals surface area contributed by atoms with Gasteiger partial charge in [0.1, 0.15) is 0 Å². The zero-order chi connectivity index (χ0) is 14.0. The molecule has 1 amide bonds. The fraction of sp³-hybridized carbons (Fsp3) is 0.231. The molecule has 4 nitrogen and oxygen atoms in total. The first-order valence-corrected chi connectivity index (χ1v) is 6.93. The second-order valence-electron chi connectivity index (χ2n) is 4.35. The van der Waals surface area contributed by atoms with E-state index in [2.05, 4.69) is 33.7 Å². The van der Waals surface area contributed by atoms with E-state index in [0.717, 1.165) is 14.9 Å². The van der Waals surface area contributed by atoms with E-state index in [-0.39, 0.29) is 5.91 Å². The smallest absolute Gasteiger partial charge is 0.255 e. The number of amides is 1. The van der Waals surface area contributed by atoms with Crippen LogP contribution < -0.4 is 0 Å². The first-order chi connectivity index (χ1) is 8.97. The Morgan fingerprint density at radius 3 is 2.89 bits per heavy atom. The van der Waals surface area contributed by atoms with Crippen molar-refractivity contribution >= 4 is 34.5 Å². The summed E-state index contributed by atoms with van der Waals surface area (Å²) in [6.45, 7) is 0.524. The van der Waals surface area contributed by atoms with Crippen LogP contribution in [0.25, 0.3) is 0 Å². The molecular weight excluding hydrogens is 326 g/mol. The Hall–Kier alpha value is -1.27. The molecule has 0 radical (unpaired) electrons. The van der Waals surface area contributed by atoms with E-state index in [1.54, 1.807) is 28.9 Å². The maximum Gasteiger partial charge on any atom is 0.255 e. The number of aryl methyl sites for hydroxylation is 1. The van der Waals surface area contributed by atoms with Crippen molar-refractivity contribution in [2.75, 3.05) is 7.05 Å². The van der Waals surface area contributed by atoms with Crippen LogP contribution in [0.2, 0.25) is 0 Å². The number of halogens is 1. The molecule has 2 aromatic rings. The van der Waals surface area contributed by atoms with Gasteiger partial charge in [-0.15, -0.1) is 12.6 Å². The molecule has 1 heterocycles. The van der Waals surface area contributed by atoms with Crippen LogP contribution >= 0.6 is 28.6 Å². The third-order valence-corrected chi connectivity index (χ3v) is 3.67. The topological polar surface area (TPSA) is 38.1 Å². The molecule has 0 saturated carbocycles. The molecule has 6 heteroatoms. The summed E-state index contributed by atoms with van der Waals surface area (Å²) in [7, 11) is 3.62. The molecule has 0 N–H and O–H groups in total. The van der Waals surface area contributed by atoms with Crippen molar-refractivity contribution in [3.05, 3.63) is 46.2 Å². The minimum Gasteiger partial charge on any atom is -0.337 e. The highest BCUT2D eigenvalue weighted by Gasteiger charge is 2.15. The predicted octanol–water partition coefficient (Wildman–Crippen LogP) is 2.74. The number of carbonyl (C=O) groups excluding carboxylic acids is 1. The van der Waals surface area contributed by atoms with Crippen molar-refractivity contribution in [1.29, 1.82) is 0 Å². The number of carbonyl (C=O) groups is 1. The summed E-state index contributed by atoms with van der Waals surface area (Å²) in [6, 6.07) is 5.42. The molecule has 0 aliphatic rings. The summed E-state index contributed by atoms with van der Waals surface area (Å²) in [4.78, 5) is 14.8. The highest BCUT2D eigenvalue weighted by molar-refractivity contribution is 9.10. The first-order valence-electron chi connectivity index (χ1n) is 5.69. The summed E-state index contributed by atoms with van der Waals surface area (Å²) < 4.78 is 2.49. The van der Waals surface area contributed by atoms with Gasteiger partial charge in [0.15, 0.2) is 0 Å². The van der Waals surface area contributed by atoms with E-state index in [9.17, 15) is 4.79 Å². The first kappa shape index (κ1) is 14.1. The Morgan fingerprint density at radius 2 is 2.26 bits per heavy atom. The average Bonchev–Trinajstić information content (AvgIpc) is 2.77. The maximum atomic E-state index is 12.4. The van der Waals surface area contributed by atoms with Gasteiger partial charge < -0.3 is 4.90 Å². The van der Waals surface area contributed by atoms with Crippen LogP contribution in [0.3, 0.4) is 0 Å². The zero-order valence-electron chi connectivity index (χ0n) is 10.7. The largest absolute Gasteiger partial charge is 0.337 e. The SMILES string of the molecule is CN(Cc1cnn(C)c1)C(=O)c1cc(S)ccc1Br. The minimum absolute atomic E-state index is 0.0494. The number of nitrogens with zero attached hydrogens (tertiary/aromatic N) is 3. The zero-order valence-corrected chi connectivity index (χ0v) is 13.1. The van der Waals surface area contributed by atoms with Gasteiger partial charge in [-0.05, 0) is 34.1 Å². The Balaban J connectivity index is 2.16. The summed E-state index contributed by atoms with van der Waals surface area (Å²) in [5.74, 6) is -0.0494. The lowest BCUT2D eigenvalue weighted by atomic mass is 10.2. The van der Waals surface area contributed by atoms with E-state index in [1.165, 1.54) is 0 Å². The molecule has 0 aliphatic heterocycles. The highest BCUT2D eigenvalue weighted by Crippen LogP contribution is 2.22. The van der Waals surface area contributed by atoms with Gasteiger partial charge in [-0.3, -0.25) is 9.48 Å². The molecule has 1 aromatic carbocycles. The molecule has 2 rings (SSSR count). The Bertz CT molecular complexity index is 612. The maximum absolute atomic E-state index is 12.4. The molecule has 0 bridgehead atoms. The number of rotatable bonds is 3. The van der Waals surface area contributed by atoms with Gasteiger partial charge in [0, 0.05) is 41.8 Å². The van der Waals surface area contributed by atoms with E-state index < -0.39 is 0 Å². The van der Waals surface area contributed by atoms with E-state index in [1.807, 2.05) is 25.4 Å².